The Bertz CT molecular complexity index is 306. The number of piperidine rings is 1. The average molecular weight is 241 g/mol. The molecular formula is C13H23NO3. The molecule has 17 heavy (non-hydrogen) atoms. The number of esters is 1. The maximum atomic E-state index is 12.4. The van der Waals surface area contributed by atoms with Gasteiger partial charge in [-0.2, -0.15) is 0 Å². The number of fused-ring (bicyclic) bond motifs is 2. The van der Waals surface area contributed by atoms with E-state index in [-0.39, 0.29) is 18.5 Å². The van der Waals surface area contributed by atoms with Gasteiger partial charge in [0.25, 0.3) is 0 Å². The van der Waals surface area contributed by atoms with E-state index in [1.165, 1.54) is 0 Å². The van der Waals surface area contributed by atoms with Crippen molar-refractivity contribution >= 4 is 5.97 Å². The van der Waals surface area contributed by atoms with Gasteiger partial charge in [0.15, 0.2) is 0 Å². The van der Waals surface area contributed by atoms with Crippen LogP contribution in [0, 0.1) is 17.3 Å². The van der Waals surface area contributed by atoms with Crippen molar-refractivity contribution in [2.24, 2.45) is 17.3 Å². The lowest BCUT2D eigenvalue weighted by molar-refractivity contribution is -0.172. The lowest BCUT2D eigenvalue weighted by Gasteiger charge is -2.40. The van der Waals surface area contributed by atoms with Crippen LogP contribution in [0.25, 0.3) is 0 Å². The highest BCUT2D eigenvalue weighted by Gasteiger charge is 2.56. The quantitative estimate of drug-likeness (QED) is 0.706. The van der Waals surface area contributed by atoms with Gasteiger partial charge in [-0.1, -0.05) is 0 Å². The van der Waals surface area contributed by atoms with E-state index in [4.69, 9.17) is 4.74 Å². The fourth-order valence-electron chi connectivity index (χ4n) is 3.25. The lowest BCUT2D eigenvalue weighted by Crippen LogP contribution is -2.53. The van der Waals surface area contributed by atoms with E-state index >= 15 is 0 Å². The summed E-state index contributed by atoms with van der Waals surface area (Å²) in [6.45, 7) is 7.31. The summed E-state index contributed by atoms with van der Waals surface area (Å²) in [6, 6.07) is 0. The van der Waals surface area contributed by atoms with Crippen LogP contribution in [-0.4, -0.2) is 36.4 Å². The van der Waals surface area contributed by atoms with Crippen molar-refractivity contribution in [3.63, 3.8) is 0 Å². The van der Waals surface area contributed by atoms with Gasteiger partial charge in [-0.25, -0.2) is 0 Å². The maximum Gasteiger partial charge on any atom is 0.314 e. The molecule has 2 rings (SSSR count). The van der Waals surface area contributed by atoms with Crippen molar-refractivity contribution in [3.05, 3.63) is 0 Å². The van der Waals surface area contributed by atoms with Crippen LogP contribution in [0.15, 0.2) is 0 Å². The van der Waals surface area contributed by atoms with Crippen molar-refractivity contribution in [1.82, 2.24) is 5.32 Å². The third-order valence-corrected chi connectivity index (χ3v) is 4.09. The monoisotopic (exact) mass is 241 g/mol. The second kappa shape index (κ2) is 4.25. The van der Waals surface area contributed by atoms with Gasteiger partial charge in [-0.3, -0.25) is 4.79 Å². The van der Waals surface area contributed by atoms with Crippen LogP contribution >= 0.6 is 0 Å². The molecule has 3 atom stereocenters. The molecule has 3 unspecified atom stereocenters. The average Bonchev–Trinajstić information content (AvgIpc) is 2.42. The SMILES string of the molecule is CC(C)(C)OC(=O)C12CCC(CNC1)C2CO. The number of ether oxygens (including phenoxy) is 1. The van der Waals surface area contributed by atoms with E-state index < -0.39 is 11.0 Å². The van der Waals surface area contributed by atoms with E-state index in [9.17, 15) is 9.90 Å². The minimum absolute atomic E-state index is 0.0681. The first-order chi connectivity index (χ1) is 7.89. The number of aliphatic hydroxyl groups is 1. The van der Waals surface area contributed by atoms with Crippen molar-refractivity contribution in [3.8, 4) is 0 Å². The largest absolute Gasteiger partial charge is 0.459 e. The Morgan fingerprint density at radius 2 is 2.24 bits per heavy atom. The Balaban J connectivity index is 2.19. The van der Waals surface area contributed by atoms with Crippen molar-refractivity contribution in [2.45, 2.75) is 39.2 Å². The molecule has 0 amide bonds. The molecule has 0 aromatic carbocycles. The van der Waals surface area contributed by atoms with Crippen molar-refractivity contribution < 1.29 is 14.6 Å². The first-order valence-corrected chi connectivity index (χ1v) is 6.44. The normalized spacial score (nSPS) is 36.9. The van der Waals surface area contributed by atoms with Gasteiger partial charge in [-0.05, 0) is 46.1 Å². The fourth-order valence-corrected chi connectivity index (χ4v) is 3.25. The zero-order valence-electron chi connectivity index (χ0n) is 11.0. The van der Waals surface area contributed by atoms with Gasteiger partial charge in [-0.15, -0.1) is 0 Å². The summed E-state index contributed by atoms with van der Waals surface area (Å²) in [5.41, 5.74) is -0.952. The standard InChI is InChI=1S/C13H23NO3/c1-12(2,3)17-11(16)13-5-4-9(6-14-8-13)10(13)7-15/h9-10,14-15H,4-8H2,1-3H3. The van der Waals surface area contributed by atoms with Gasteiger partial charge in [0.05, 0.1) is 5.41 Å². The number of nitrogens with one attached hydrogen (secondary N) is 1. The summed E-state index contributed by atoms with van der Waals surface area (Å²) in [7, 11) is 0. The lowest BCUT2D eigenvalue weighted by atomic mass is 9.73. The second-order valence-electron chi connectivity index (χ2n) is 6.38. The highest BCUT2D eigenvalue weighted by atomic mass is 16.6. The smallest absolute Gasteiger partial charge is 0.314 e. The molecular weight excluding hydrogens is 218 g/mol. The molecule has 0 spiro atoms. The molecule has 0 aromatic heterocycles. The first kappa shape index (κ1) is 12.8. The summed E-state index contributed by atoms with van der Waals surface area (Å²) in [5, 5.41) is 12.9. The molecule has 1 saturated heterocycles. The minimum Gasteiger partial charge on any atom is -0.459 e. The van der Waals surface area contributed by atoms with Crippen LogP contribution in [0.1, 0.15) is 33.6 Å². The summed E-state index contributed by atoms with van der Waals surface area (Å²) in [6.07, 6.45) is 1.85. The van der Waals surface area contributed by atoms with Gasteiger partial charge >= 0.3 is 5.97 Å². The van der Waals surface area contributed by atoms with Crippen LogP contribution in [-0.2, 0) is 9.53 Å². The summed E-state index contributed by atoms with van der Waals surface area (Å²) in [5.74, 6) is 0.346. The number of carbonyl (C=O) groups excluding carboxylic acids is 1. The Hall–Kier alpha value is -0.610. The molecule has 1 aliphatic heterocycles. The van der Waals surface area contributed by atoms with Gasteiger partial charge in [0, 0.05) is 19.1 Å². The van der Waals surface area contributed by atoms with Crippen LogP contribution in [0.2, 0.25) is 0 Å². The maximum absolute atomic E-state index is 12.4. The Morgan fingerprint density at radius 1 is 1.53 bits per heavy atom. The van der Waals surface area contributed by atoms with E-state index in [0.29, 0.717) is 12.5 Å². The number of carbonyl (C=O) groups is 1. The number of hydrogen-bond donors (Lipinski definition) is 2. The van der Waals surface area contributed by atoms with Crippen molar-refractivity contribution in [1.29, 1.82) is 0 Å². The third-order valence-electron chi connectivity index (χ3n) is 4.09. The van der Waals surface area contributed by atoms with Crippen LogP contribution in [0.4, 0.5) is 0 Å². The van der Waals surface area contributed by atoms with E-state index in [1.807, 2.05) is 20.8 Å². The first-order valence-electron chi connectivity index (χ1n) is 6.44. The minimum atomic E-state index is -0.495. The highest BCUT2D eigenvalue weighted by molar-refractivity contribution is 5.78. The highest BCUT2D eigenvalue weighted by Crippen LogP contribution is 2.49. The molecule has 1 heterocycles. The Morgan fingerprint density at radius 3 is 2.82 bits per heavy atom. The molecule has 1 aliphatic carbocycles. The second-order valence-corrected chi connectivity index (χ2v) is 6.38. The molecule has 2 N–H and O–H groups in total. The molecule has 2 bridgehead atoms. The number of hydrogen-bond acceptors (Lipinski definition) is 4. The fraction of sp³-hybridized carbons (Fsp3) is 0.923. The molecule has 1 saturated carbocycles. The molecule has 2 aliphatic rings. The zero-order valence-corrected chi connectivity index (χ0v) is 11.0. The van der Waals surface area contributed by atoms with Gasteiger partial charge in [0.1, 0.15) is 5.60 Å². The predicted octanol–water partition coefficient (Wildman–Crippen LogP) is 0.936. The number of rotatable bonds is 2. The summed E-state index contributed by atoms with van der Waals surface area (Å²) >= 11 is 0. The van der Waals surface area contributed by atoms with Crippen LogP contribution in [0.5, 0.6) is 0 Å². The van der Waals surface area contributed by atoms with Gasteiger partial charge < -0.3 is 15.2 Å². The molecule has 2 fully saturated rings. The topological polar surface area (TPSA) is 58.6 Å². The summed E-state index contributed by atoms with van der Waals surface area (Å²) < 4.78 is 5.54. The van der Waals surface area contributed by atoms with Crippen molar-refractivity contribution in [2.75, 3.05) is 19.7 Å². The summed E-state index contributed by atoms with van der Waals surface area (Å²) in [4.78, 5) is 12.4. The predicted molar refractivity (Wildman–Crippen MR) is 64.4 cm³/mol. The Labute approximate surface area is 103 Å². The number of aliphatic hydroxyl groups excluding tert-OH is 1. The Kier molecular flexibility index (Phi) is 3.21. The van der Waals surface area contributed by atoms with E-state index in [2.05, 4.69) is 5.32 Å². The zero-order chi connectivity index (χ0) is 12.7. The molecule has 0 aromatic rings. The van der Waals surface area contributed by atoms with Crippen LogP contribution < -0.4 is 5.32 Å². The molecule has 4 nitrogen and oxygen atoms in total. The molecule has 98 valence electrons. The van der Waals surface area contributed by atoms with E-state index in [1.54, 1.807) is 0 Å². The van der Waals surface area contributed by atoms with Gasteiger partial charge in [0.2, 0.25) is 0 Å². The van der Waals surface area contributed by atoms with Crippen LogP contribution in [0.3, 0.4) is 0 Å². The third kappa shape index (κ3) is 2.20. The van der Waals surface area contributed by atoms with E-state index in [0.717, 1.165) is 19.4 Å². The molecule has 4 heteroatoms. The molecule has 0 radical (unpaired) electrons.